The Balaban J connectivity index is 1.25. The van der Waals surface area contributed by atoms with Gasteiger partial charge in [0.05, 0.1) is 12.2 Å². The van der Waals surface area contributed by atoms with Crippen LogP contribution < -0.4 is 15.5 Å². The maximum atomic E-state index is 5.63. The molecule has 0 radical (unpaired) electrons. The molecule has 0 unspecified atom stereocenters. The molecule has 1 aliphatic heterocycles. The minimum absolute atomic E-state index is 0.524. The molecule has 0 bridgehead atoms. The van der Waals surface area contributed by atoms with E-state index in [2.05, 4.69) is 73.5 Å². The fourth-order valence-corrected chi connectivity index (χ4v) is 3.80. The van der Waals surface area contributed by atoms with Gasteiger partial charge in [0.1, 0.15) is 12.1 Å². The standard InChI is InChI=1S/C25H33N7O/c1-4-31-11-13-32(14-12-31)23-10-7-20(15-27-23)16-28-25(26-3)29-17-22-18-33-24(30-22)21-8-5-19(2)6-9-21/h5-10,15,18H,4,11-14,16-17H2,1-3H3,(H2,26,28,29). The van der Waals surface area contributed by atoms with Crippen LogP contribution in [0.2, 0.25) is 0 Å². The molecule has 1 aromatic carbocycles. The molecule has 2 N–H and O–H groups in total. The van der Waals surface area contributed by atoms with Gasteiger partial charge in [-0.2, -0.15) is 0 Å². The summed E-state index contributed by atoms with van der Waals surface area (Å²) in [6.07, 6.45) is 3.62. The van der Waals surface area contributed by atoms with Crippen LogP contribution >= 0.6 is 0 Å². The third-order valence-electron chi connectivity index (χ3n) is 5.92. The van der Waals surface area contributed by atoms with Crippen molar-refractivity contribution in [1.29, 1.82) is 0 Å². The normalized spacial score (nSPS) is 15.0. The van der Waals surface area contributed by atoms with E-state index in [0.717, 1.165) is 55.4 Å². The van der Waals surface area contributed by atoms with Crippen molar-refractivity contribution in [2.24, 2.45) is 4.99 Å². The molecule has 0 spiro atoms. The molecular weight excluding hydrogens is 414 g/mol. The molecule has 3 heterocycles. The number of nitrogens with zero attached hydrogens (tertiary/aromatic N) is 5. The van der Waals surface area contributed by atoms with Crippen LogP contribution in [-0.2, 0) is 13.1 Å². The minimum atomic E-state index is 0.524. The summed E-state index contributed by atoms with van der Waals surface area (Å²) in [6.45, 7) is 10.8. The number of guanidine groups is 1. The first-order valence-corrected chi connectivity index (χ1v) is 11.5. The average Bonchev–Trinajstić information content (AvgIpc) is 3.34. The third kappa shape index (κ3) is 6.10. The summed E-state index contributed by atoms with van der Waals surface area (Å²) in [4.78, 5) is 18.4. The molecule has 4 rings (SSSR count). The van der Waals surface area contributed by atoms with E-state index in [1.54, 1.807) is 13.3 Å². The van der Waals surface area contributed by atoms with Crippen molar-refractivity contribution < 1.29 is 4.42 Å². The van der Waals surface area contributed by atoms with Gasteiger partial charge in [0.15, 0.2) is 5.96 Å². The largest absolute Gasteiger partial charge is 0.444 e. The highest BCUT2D eigenvalue weighted by Gasteiger charge is 2.16. The number of anilines is 1. The molecule has 3 aromatic rings. The van der Waals surface area contributed by atoms with Gasteiger partial charge in [-0.3, -0.25) is 4.99 Å². The number of rotatable bonds is 7. The first-order valence-electron chi connectivity index (χ1n) is 11.5. The SMILES string of the molecule is CCN1CCN(c2ccc(CNC(=NC)NCc3coc(-c4ccc(C)cc4)n3)cn2)CC1. The molecule has 0 amide bonds. The molecule has 8 heteroatoms. The highest BCUT2D eigenvalue weighted by atomic mass is 16.3. The van der Waals surface area contributed by atoms with Gasteiger partial charge in [-0.15, -0.1) is 0 Å². The summed E-state index contributed by atoms with van der Waals surface area (Å²) in [7, 11) is 1.76. The number of likely N-dealkylation sites (N-methyl/N-ethyl adjacent to an activating group) is 1. The van der Waals surface area contributed by atoms with Gasteiger partial charge in [0.2, 0.25) is 5.89 Å². The van der Waals surface area contributed by atoms with Crippen molar-refractivity contribution in [2.45, 2.75) is 26.9 Å². The Bertz CT molecular complexity index is 1040. The fourth-order valence-electron chi connectivity index (χ4n) is 3.80. The molecule has 174 valence electrons. The molecule has 1 aliphatic rings. The second-order valence-electron chi connectivity index (χ2n) is 8.24. The van der Waals surface area contributed by atoms with Gasteiger partial charge < -0.3 is 24.9 Å². The van der Waals surface area contributed by atoms with Gasteiger partial charge >= 0.3 is 0 Å². The van der Waals surface area contributed by atoms with Crippen molar-refractivity contribution in [3.8, 4) is 11.5 Å². The summed E-state index contributed by atoms with van der Waals surface area (Å²) in [5.74, 6) is 2.37. The zero-order chi connectivity index (χ0) is 23.0. The maximum absolute atomic E-state index is 5.63. The molecule has 8 nitrogen and oxygen atoms in total. The van der Waals surface area contributed by atoms with E-state index in [9.17, 15) is 0 Å². The lowest BCUT2D eigenvalue weighted by molar-refractivity contribution is 0.270. The highest BCUT2D eigenvalue weighted by molar-refractivity contribution is 5.79. The summed E-state index contributed by atoms with van der Waals surface area (Å²) in [5, 5.41) is 6.62. The molecule has 1 fully saturated rings. The summed E-state index contributed by atoms with van der Waals surface area (Å²) < 4.78 is 5.63. The fraction of sp³-hybridized carbons (Fsp3) is 0.400. The van der Waals surface area contributed by atoms with Crippen LogP contribution in [0.3, 0.4) is 0 Å². The average molecular weight is 448 g/mol. The Labute approximate surface area is 195 Å². The second kappa shape index (κ2) is 11.0. The van der Waals surface area contributed by atoms with E-state index in [-0.39, 0.29) is 0 Å². The van der Waals surface area contributed by atoms with E-state index in [1.165, 1.54) is 5.56 Å². The molecule has 0 aliphatic carbocycles. The molecule has 1 saturated heterocycles. The monoisotopic (exact) mass is 447 g/mol. The van der Waals surface area contributed by atoms with Crippen LogP contribution in [0.25, 0.3) is 11.5 Å². The number of aliphatic imine (C=N–C) groups is 1. The van der Waals surface area contributed by atoms with Gasteiger partial charge in [-0.05, 0) is 37.2 Å². The summed E-state index contributed by atoms with van der Waals surface area (Å²) in [5.41, 5.74) is 4.11. The predicted octanol–water partition coefficient (Wildman–Crippen LogP) is 3.05. The maximum Gasteiger partial charge on any atom is 0.226 e. The van der Waals surface area contributed by atoms with Crippen molar-refractivity contribution in [2.75, 3.05) is 44.7 Å². The van der Waals surface area contributed by atoms with Crippen LogP contribution in [0.4, 0.5) is 5.82 Å². The number of aromatic nitrogens is 2. The zero-order valence-electron chi connectivity index (χ0n) is 19.7. The Morgan fingerprint density at radius 3 is 2.45 bits per heavy atom. The Morgan fingerprint density at radius 2 is 1.79 bits per heavy atom. The Kier molecular flexibility index (Phi) is 7.57. The lowest BCUT2D eigenvalue weighted by Crippen LogP contribution is -2.46. The number of oxazole rings is 1. The topological polar surface area (TPSA) is 81.8 Å². The van der Waals surface area contributed by atoms with E-state index in [1.807, 2.05) is 18.3 Å². The van der Waals surface area contributed by atoms with Crippen molar-refractivity contribution >= 4 is 11.8 Å². The lowest BCUT2D eigenvalue weighted by Gasteiger charge is -2.34. The number of hydrogen-bond acceptors (Lipinski definition) is 6. The number of nitrogens with one attached hydrogen (secondary N) is 2. The van der Waals surface area contributed by atoms with Gasteiger partial charge in [-0.25, -0.2) is 9.97 Å². The summed E-state index contributed by atoms with van der Waals surface area (Å²) in [6, 6.07) is 12.4. The van der Waals surface area contributed by atoms with E-state index in [0.29, 0.717) is 24.9 Å². The van der Waals surface area contributed by atoms with E-state index >= 15 is 0 Å². The smallest absolute Gasteiger partial charge is 0.226 e. The molecule has 33 heavy (non-hydrogen) atoms. The molecule has 2 aromatic heterocycles. The number of piperazine rings is 1. The van der Waals surface area contributed by atoms with Crippen LogP contribution in [0.15, 0.2) is 58.3 Å². The summed E-state index contributed by atoms with van der Waals surface area (Å²) >= 11 is 0. The first kappa shape index (κ1) is 22.8. The Hall–Kier alpha value is -3.39. The Morgan fingerprint density at radius 1 is 1.03 bits per heavy atom. The highest BCUT2D eigenvalue weighted by Crippen LogP contribution is 2.19. The molecular formula is C25H33N7O. The van der Waals surface area contributed by atoms with Crippen molar-refractivity contribution in [3.63, 3.8) is 0 Å². The molecule has 0 atom stereocenters. The van der Waals surface area contributed by atoms with E-state index in [4.69, 9.17) is 4.42 Å². The lowest BCUT2D eigenvalue weighted by atomic mass is 10.1. The minimum Gasteiger partial charge on any atom is -0.444 e. The number of aryl methyl sites for hydroxylation is 1. The van der Waals surface area contributed by atoms with Crippen LogP contribution in [0, 0.1) is 6.92 Å². The zero-order valence-corrected chi connectivity index (χ0v) is 19.7. The third-order valence-corrected chi connectivity index (χ3v) is 5.92. The predicted molar refractivity (Wildman–Crippen MR) is 132 cm³/mol. The second-order valence-corrected chi connectivity index (χ2v) is 8.24. The van der Waals surface area contributed by atoms with Gasteiger partial charge in [-0.1, -0.05) is 30.7 Å². The first-order chi connectivity index (χ1) is 16.1. The van der Waals surface area contributed by atoms with Crippen molar-refractivity contribution in [1.82, 2.24) is 25.5 Å². The van der Waals surface area contributed by atoms with Crippen molar-refractivity contribution in [3.05, 3.63) is 65.7 Å². The number of pyridine rings is 1. The quantitative estimate of drug-likeness (QED) is 0.426. The van der Waals surface area contributed by atoms with E-state index < -0.39 is 0 Å². The van der Waals surface area contributed by atoms with Crippen LogP contribution in [0.1, 0.15) is 23.7 Å². The van der Waals surface area contributed by atoms with Crippen LogP contribution in [0.5, 0.6) is 0 Å². The number of benzene rings is 1. The molecule has 0 saturated carbocycles. The van der Waals surface area contributed by atoms with Crippen LogP contribution in [-0.4, -0.2) is 60.6 Å². The number of hydrogen-bond donors (Lipinski definition) is 2. The van der Waals surface area contributed by atoms with Gasteiger partial charge in [0, 0.05) is 51.5 Å². The van der Waals surface area contributed by atoms with Gasteiger partial charge in [0.25, 0.3) is 0 Å².